The van der Waals surface area contributed by atoms with Crippen molar-refractivity contribution in [3.63, 3.8) is 0 Å². The molecule has 0 fully saturated rings. The summed E-state index contributed by atoms with van der Waals surface area (Å²) in [7, 11) is 2.17. The minimum Gasteiger partial charge on any atom is -0.374 e. The van der Waals surface area contributed by atoms with Crippen LogP contribution < -0.4 is 4.90 Å². The number of fused-ring (bicyclic) bond motifs is 1. The molecule has 2 heterocycles. The summed E-state index contributed by atoms with van der Waals surface area (Å²) in [5.41, 5.74) is 5.39. The third kappa shape index (κ3) is 2.95. The van der Waals surface area contributed by atoms with Gasteiger partial charge in [0.05, 0.1) is 0 Å². The lowest BCUT2D eigenvalue weighted by molar-refractivity contribution is 0.745. The first-order chi connectivity index (χ1) is 9.34. The zero-order valence-corrected chi connectivity index (χ0v) is 12.1. The molecule has 0 radical (unpaired) electrons. The van der Waals surface area contributed by atoms with Crippen LogP contribution in [0, 0.1) is 0 Å². The molecule has 0 unspecified atom stereocenters. The SMILES string of the molecule is CC.CN1CCCc2cc(-c3ccncc3)ccc21. The molecule has 1 aliphatic rings. The first-order valence-corrected chi connectivity index (χ1v) is 7.09. The van der Waals surface area contributed by atoms with Gasteiger partial charge in [-0.25, -0.2) is 0 Å². The van der Waals surface area contributed by atoms with E-state index in [2.05, 4.69) is 47.3 Å². The van der Waals surface area contributed by atoms with E-state index in [1.54, 1.807) is 0 Å². The molecular weight excluding hydrogens is 232 g/mol. The van der Waals surface area contributed by atoms with E-state index in [0.29, 0.717) is 0 Å². The Morgan fingerprint density at radius 2 is 1.74 bits per heavy atom. The van der Waals surface area contributed by atoms with Crippen LogP contribution in [-0.4, -0.2) is 18.6 Å². The Balaban J connectivity index is 0.000000637. The molecule has 1 aromatic carbocycles. The van der Waals surface area contributed by atoms with Crippen molar-refractivity contribution in [1.29, 1.82) is 0 Å². The van der Waals surface area contributed by atoms with Crippen molar-refractivity contribution < 1.29 is 0 Å². The lowest BCUT2D eigenvalue weighted by atomic mass is 9.97. The summed E-state index contributed by atoms with van der Waals surface area (Å²) >= 11 is 0. The Bertz CT molecular complexity index is 520. The zero-order valence-electron chi connectivity index (χ0n) is 12.1. The normalized spacial score (nSPS) is 13.3. The molecule has 100 valence electrons. The summed E-state index contributed by atoms with van der Waals surface area (Å²) in [4.78, 5) is 6.40. The maximum absolute atomic E-state index is 4.06. The van der Waals surface area contributed by atoms with E-state index >= 15 is 0 Å². The highest BCUT2D eigenvalue weighted by Crippen LogP contribution is 2.30. The number of anilines is 1. The summed E-state index contributed by atoms with van der Waals surface area (Å²) in [6, 6.07) is 10.9. The Hall–Kier alpha value is -1.83. The lowest BCUT2D eigenvalue weighted by Gasteiger charge is -2.27. The van der Waals surface area contributed by atoms with Crippen LogP contribution in [0.2, 0.25) is 0 Å². The number of hydrogen-bond acceptors (Lipinski definition) is 2. The predicted molar refractivity (Wildman–Crippen MR) is 82.6 cm³/mol. The van der Waals surface area contributed by atoms with Crippen molar-refractivity contribution in [2.75, 3.05) is 18.5 Å². The molecule has 0 aliphatic carbocycles. The van der Waals surface area contributed by atoms with Gasteiger partial charge in [-0.1, -0.05) is 19.9 Å². The summed E-state index contributed by atoms with van der Waals surface area (Å²) in [6.45, 7) is 5.17. The van der Waals surface area contributed by atoms with Crippen LogP contribution in [0.5, 0.6) is 0 Å². The first kappa shape index (κ1) is 13.6. The number of aromatic nitrogens is 1. The molecule has 0 spiro atoms. The fraction of sp³-hybridized carbons (Fsp3) is 0.353. The highest BCUT2D eigenvalue weighted by molar-refractivity contribution is 5.69. The van der Waals surface area contributed by atoms with E-state index in [1.807, 2.05) is 26.2 Å². The van der Waals surface area contributed by atoms with Crippen molar-refractivity contribution in [2.45, 2.75) is 26.7 Å². The molecule has 0 N–H and O–H groups in total. The van der Waals surface area contributed by atoms with Crippen LogP contribution >= 0.6 is 0 Å². The molecule has 0 saturated carbocycles. The number of nitrogens with zero attached hydrogens (tertiary/aromatic N) is 2. The monoisotopic (exact) mass is 254 g/mol. The molecule has 2 nitrogen and oxygen atoms in total. The van der Waals surface area contributed by atoms with Crippen molar-refractivity contribution in [3.8, 4) is 11.1 Å². The van der Waals surface area contributed by atoms with Crippen LogP contribution in [0.3, 0.4) is 0 Å². The second kappa shape index (κ2) is 6.37. The van der Waals surface area contributed by atoms with Crippen LogP contribution in [-0.2, 0) is 6.42 Å². The highest BCUT2D eigenvalue weighted by Gasteiger charge is 2.13. The Labute approximate surface area is 116 Å². The second-order valence-corrected chi connectivity index (χ2v) is 4.60. The number of hydrogen-bond donors (Lipinski definition) is 0. The number of pyridine rings is 1. The topological polar surface area (TPSA) is 16.1 Å². The maximum atomic E-state index is 4.06. The lowest BCUT2D eigenvalue weighted by Crippen LogP contribution is -2.24. The minimum atomic E-state index is 1.17. The van der Waals surface area contributed by atoms with Gasteiger partial charge in [0, 0.05) is 31.7 Å². The van der Waals surface area contributed by atoms with E-state index in [1.165, 1.54) is 41.8 Å². The van der Waals surface area contributed by atoms with E-state index < -0.39 is 0 Å². The molecular formula is C17H22N2. The molecule has 19 heavy (non-hydrogen) atoms. The summed E-state index contributed by atoms with van der Waals surface area (Å²) in [5, 5.41) is 0. The summed E-state index contributed by atoms with van der Waals surface area (Å²) in [5.74, 6) is 0. The molecule has 0 bridgehead atoms. The molecule has 1 aliphatic heterocycles. The van der Waals surface area contributed by atoms with E-state index in [-0.39, 0.29) is 0 Å². The summed E-state index contributed by atoms with van der Waals surface area (Å²) < 4.78 is 0. The van der Waals surface area contributed by atoms with E-state index in [4.69, 9.17) is 0 Å². The van der Waals surface area contributed by atoms with Crippen molar-refractivity contribution in [3.05, 3.63) is 48.3 Å². The van der Waals surface area contributed by atoms with Gasteiger partial charge in [-0.2, -0.15) is 0 Å². The van der Waals surface area contributed by atoms with Gasteiger partial charge in [0.2, 0.25) is 0 Å². The van der Waals surface area contributed by atoms with Gasteiger partial charge in [0.1, 0.15) is 0 Å². The minimum absolute atomic E-state index is 1.17. The fourth-order valence-electron chi connectivity index (χ4n) is 2.51. The third-order valence-corrected chi connectivity index (χ3v) is 3.44. The largest absolute Gasteiger partial charge is 0.374 e. The third-order valence-electron chi connectivity index (χ3n) is 3.44. The van der Waals surface area contributed by atoms with Gasteiger partial charge in [0.25, 0.3) is 0 Å². The van der Waals surface area contributed by atoms with Crippen molar-refractivity contribution >= 4 is 5.69 Å². The molecule has 1 aromatic heterocycles. The molecule has 0 saturated heterocycles. The second-order valence-electron chi connectivity index (χ2n) is 4.60. The summed E-state index contributed by atoms with van der Waals surface area (Å²) in [6.07, 6.45) is 6.14. The van der Waals surface area contributed by atoms with Gasteiger partial charge in [-0.05, 0) is 53.8 Å². The number of rotatable bonds is 1. The van der Waals surface area contributed by atoms with E-state index in [0.717, 1.165) is 0 Å². The highest BCUT2D eigenvalue weighted by atomic mass is 15.1. The first-order valence-electron chi connectivity index (χ1n) is 7.09. The Morgan fingerprint density at radius 3 is 2.47 bits per heavy atom. The standard InChI is InChI=1S/C15H16N2.C2H6/c1-17-10-2-3-14-11-13(4-5-15(14)17)12-6-8-16-9-7-12;1-2/h4-9,11H,2-3,10H2,1H3;1-2H3. The smallest absolute Gasteiger partial charge is 0.0396 e. The van der Waals surface area contributed by atoms with Gasteiger partial charge in [0.15, 0.2) is 0 Å². The molecule has 3 rings (SSSR count). The average molecular weight is 254 g/mol. The molecule has 2 aromatic rings. The van der Waals surface area contributed by atoms with Gasteiger partial charge >= 0.3 is 0 Å². The predicted octanol–water partition coefficient (Wildman–Crippen LogP) is 4.16. The average Bonchev–Trinajstić information content (AvgIpc) is 2.50. The van der Waals surface area contributed by atoms with E-state index in [9.17, 15) is 0 Å². The Morgan fingerprint density at radius 1 is 1.00 bits per heavy atom. The van der Waals surface area contributed by atoms with Gasteiger partial charge in [-0.15, -0.1) is 0 Å². The van der Waals surface area contributed by atoms with Crippen molar-refractivity contribution in [2.24, 2.45) is 0 Å². The van der Waals surface area contributed by atoms with Gasteiger partial charge in [-0.3, -0.25) is 4.98 Å². The van der Waals surface area contributed by atoms with Gasteiger partial charge < -0.3 is 4.90 Å². The molecule has 0 amide bonds. The fourth-order valence-corrected chi connectivity index (χ4v) is 2.51. The maximum Gasteiger partial charge on any atom is 0.0396 e. The Kier molecular flexibility index (Phi) is 4.56. The number of aryl methyl sites for hydroxylation is 1. The zero-order chi connectivity index (χ0) is 13.7. The number of benzene rings is 1. The van der Waals surface area contributed by atoms with Crippen LogP contribution in [0.1, 0.15) is 25.8 Å². The molecule has 2 heteroatoms. The van der Waals surface area contributed by atoms with Crippen LogP contribution in [0.25, 0.3) is 11.1 Å². The quantitative estimate of drug-likeness (QED) is 0.759. The molecule has 0 atom stereocenters. The van der Waals surface area contributed by atoms with Crippen molar-refractivity contribution in [1.82, 2.24) is 4.98 Å². The van der Waals surface area contributed by atoms with Crippen LogP contribution in [0.4, 0.5) is 5.69 Å². The van der Waals surface area contributed by atoms with Crippen LogP contribution in [0.15, 0.2) is 42.7 Å².